The molecule has 0 aliphatic carbocycles. The highest BCUT2D eigenvalue weighted by Crippen LogP contribution is 2.39. The van der Waals surface area contributed by atoms with Crippen molar-refractivity contribution in [3.8, 4) is 11.5 Å². The molecule has 0 N–H and O–H groups in total. The van der Waals surface area contributed by atoms with Crippen LogP contribution < -0.4 is 9.47 Å². The summed E-state index contributed by atoms with van der Waals surface area (Å²) in [7, 11) is 0. The molecule has 5 nitrogen and oxygen atoms in total. The maximum atomic E-state index is 12.7. The SMILES string of the molecule is CCCCOC(=O)Oc1c(OC(=O)c2ccc(Cl)cc2)cc(C(C)C)cc1C(C)C. The van der Waals surface area contributed by atoms with Crippen LogP contribution in [-0.2, 0) is 4.74 Å². The maximum absolute atomic E-state index is 12.7. The third-order valence-electron chi connectivity index (χ3n) is 4.58. The second kappa shape index (κ2) is 11.0. The van der Waals surface area contributed by atoms with E-state index in [0.29, 0.717) is 10.6 Å². The van der Waals surface area contributed by atoms with Crippen molar-refractivity contribution < 1.29 is 23.8 Å². The van der Waals surface area contributed by atoms with Gasteiger partial charge >= 0.3 is 12.1 Å². The van der Waals surface area contributed by atoms with Crippen molar-refractivity contribution in [3.05, 3.63) is 58.1 Å². The molecule has 2 rings (SSSR count). The standard InChI is InChI=1S/C24H29ClO5/c1-6-7-12-28-24(27)30-22-20(16(4)5)13-18(15(2)3)14-21(22)29-23(26)17-8-10-19(25)11-9-17/h8-11,13-16H,6-7,12H2,1-5H3. The third-order valence-corrected chi connectivity index (χ3v) is 4.83. The van der Waals surface area contributed by atoms with E-state index in [1.807, 2.05) is 40.7 Å². The molecule has 0 amide bonds. The van der Waals surface area contributed by atoms with Gasteiger partial charge in [0, 0.05) is 10.6 Å². The van der Waals surface area contributed by atoms with Crippen LogP contribution in [0.2, 0.25) is 5.02 Å². The van der Waals surface area contributed by atoms with Gasteiger partial charge in [-0.3, -0.25) is 0 Å². The first-order valence-electron chi connectivity index (χ1n) is 10.2. The van der Waals surface area contributed by atoms with Gasteiger partial charge in [-0.25, -0.2) is 9.59 Å². The van der Waals surface area contributed by atoms with Crippen LogP contribution in [0.3, 0.4) is 0 Å². The number of halogens is 1. The fourth-order valence-electron chi connectivity index (χ4n) is 2.75. The zero-order chi connectivity index (χ0) is 22.3. The van der Waals surface area contributed by atoms with Crippen molar-refractivity contribution in [3.63, 3.8) is 0 Å². The van der Waals surface area contributed by atoms with Gasteiger partial charge in [-0.2, -0.15) is 0 Å². The molecule has 162 valence electrons. The zero-order valence-corrected chi connectivity index (χ0v) is 18.9. The second-order valence-electron chi connectivity index (χ2n) is 7.70. The van der Waals surface area contributed by atoms with E-state index in [2.05, 4.69) is 0 Å². The van der Waals surface area contributed by atoms with Crippen LogP contribution in [0.25, 0.3) is 0 Å². The molecule has 0 bridgehead atoms. The number of carbonyl (C=O) groups is 2. The van der Waals surface area contributed by atoms with Gasteiger partial charge in [0.1, 0.15) is 0 Å². The van der Waals surface area contributed by atoms with E-state index in [-0.39, 0.29) is 29.9 Å². The number of carbonyl (C=O) groups excluding carboxylic acids is 2. The molecule has 2 aromatic carbocycles. The largest absolute Gasteiger partial charge is 0.513 e. The van der Waals surface area contributed by atoms with Gasteiger partial charge in [0.05, 0.1) is 12.2 Å². The van der Waals surface area contributed by atoms with E-state index < -0.39 is 12.1 Å². The topological polar surface area (TPSA) is 61.8 Å². The Morgan fingerprint density at radius 2 is 1.63 bits per heavy atom. The van der Waals surface area contributed by atoms with Gasteiger partial charge in [0.15, 0.2) is 11.5 Å². The van der Waals surface area contributed by atoms with Crippen LogP contribution in [0, 0.1) is 0 Å². The van der Waals surface area contributed by atoms with Gasteiger partial charge in [0.25, 0.3) is 0 Å². The molecule has 0 radical (unpaired) electrons. The summed E-state index contributed by atoms with van der Waals surface area (Å²) in [6.07, 6.45) is 0.834. The molecule has 0 aromatic heterocycles. The number of ether oxygens (including phenoxy) is 3. The molecule has 0 saturated heterocycles. The normalized spacial score (nSPS) is 10.9. The second-order valence-corrected chi connectivity index (χ2v) is 8.13. The molecule has 0 atom stereocenters. The summed E-state index contributed by atoms with van der Waals surface area (Å²) in [6, 6.07) is 10.1. The van der Waals surface area contributed by atoms with Crippen molar-refractivity contribution in [2.75, 3.05) is 6.61 Å². The smallest absolute Gasteiger partial charge is 0.434 e. The number of unbranched alkanes of at least 4 members (excludes halogenated alkanes) is 1. The summed E-state index contributed by atoms with van der Waals surface area (Å²) >= 11 is 5.90. The minimum atomic E-state index is -0.813. The monoisotopic (exact) mass is 432 g/mol. The Morgan fingerprint density at radius 3 is 2.20 bits per heavy atom. The van der Waals surface area contributed by atoms with Crippen LogP contribution in [0.15, 0.2) is 36.4 Å². The number of benzene rings is 2. The lowest BCUT2D eigenvalue weighted by Crippen LogP contribution is -2.16. The summed E-state index contributed by atoms with van der Waals surface area (Å²) in [4.78, 5) is 24.9. The fraction of sp³-hybridized carbons (Fsp3) is 0.417. The molecular weight excluding hydrogens is 404 g/mol. The van der Waals surface area contributed by atoms with Crippen LogP contribution in [0.5, 0.6) is 11.5 Å². The van der Waals surface area contributed by atoms with Gasteiger partial charge in [-0.15, -0.1) is 0 Å². The molecule has 0 heterocycles. The molecule has 0 unspecified atom stereocenters. The van der Waals surface area contributed by atoms with Crippen molar-refractivity contribution >= 4 is 23.7 Å². The van der Waals surface area contributed by atoms with Crippen molar-refractivity contribution in [1.82, 2.24) is 0 Å². The first kappa shape index (κ1) is 23.7. The number of esters is 1. The Bertz CT molecular complexity index is 872. The van der Waals surface area contributed by atoms with E-state index in [1.54, 1.807) is 30.3 Å². The first-order chi connectivity index (χ1) is 14.2. The van der Waals surface area contributed by atoms with E-state index in [1.165, 1.54) is 0 Å². The Balaban J connectivity index is 2.42. The highest BCUT2D eigenvalue weighted by molar-refractivity contribution is 6.30. The fourth-order valence-corrected chi connectivity index (χ4v) is 2.88. The predicted octanol–water partition coefficient (Wildman–Crippen LogP) is 7.12. The lowest BCUT2D eigenvalue weighted by molar-refractivity contribution is 0.0714. The van der Waals surface area contributed by atoms with Crippen LogP contribution in [-0.4, -0.2) is 18.7 Å². The molecule has 6 heteroatoms. The van der Waals surface area contributed by atoms with Gasteiger partial charge in [-0.1, -0.05) is 58.7 Å². The Morgan fingerprint density at radius 1 is 0.967 bits per heavy atom. The van der Waals surface area contributed by atoms with Crippen molar-refractivity contribution in [2.45, 2.75) is 59.3 Å². The first-order valence-corrected chi connectivity index (χ1v) is 10.6. The van der Waals surface area contributed by atoms with Crippen molar-refractivity contribution in [2.24, 2.45) is 0 Å². The molecule has 30 heavy (non-hydrogen) atoms. The Hall–Kier alpha value is -2.53. The van der Waals surface area contributed by atoms with Crippen LogP contribution in [0.1, 0.15) is 80.8 Å². The highest BCUT2D eigenvalue weighted by atomic mass is 35.5. The number of rotatable bonds is 8. The summed E-state index contributed by atoms with van der Waals surface area (Å²) in [5.41, 5.74) is 2.09. The molecule has 0 spiro atoms. The number of hydrogen-bond acceptors (Lipinski definition) is 5. The van der Waals surface area contributed by atoms with E-state index >= 15 is 0 Å². The zero-order valence-electron chi connectivity index (χ0n) is 18.2. The summed E-state index contributed by atoms with van der Waals surface area (Å²) < 4.78 is 16.3. The predicted molar refractivity (Wildman–Crippen MR) is 118 cm³/mol. The van der Waals surface area contributed by atoms with Crippen LogP contribution in [0.4, 0.5) is 4.79 Å². The summed E-state index contributed by atoms with van der Waals surface area (Å²) in [5, 5.41) is 0.522. The highest BCUT2D eigenvalue weighted by Gasteiger charge is 2.23. The molecule has 0 fully saturated rings. The minimum Gasteiger partial charge on any atom is -0.434 e. The third kappa shape index (κ3) is 6.49. The molecule has 0 saturated carbocycles. The van der Waals surface area contributed by atoms with Gasteiger partial charge in [-0.05, 0) is 54.2 Å². The minimum absolute atomic E-state index is 0.0372. The quantitative estimate of drug-likeness (QED) is 0.192. The lowest BCUT2D eigenvalue weighted by Gasteiger charge is -2.19. The Labute approximate surface area is 183 Å². The molecule has 0 aliphatic rings. The number of hydrogen-bond donors (Lipinski definition) is 0. The van der Waals surface area contributed by atoms with Gasteiger partial charge < -0.3 is 14.2 Å². The van der Waals surface area contributed by atoms with Crippen LogP contribution >= 0.6 is 11.6 Å². The van der Waals surface area contributed by atoms with Gasteiger partial charge in [0.2, 0.25) is 0 Å². The maximum Gasteiger partial charge on any atom is 0.513 e. The van der Waals surface area contributed by atoms with E-state index in [9.17, 15) is 9.59 Å². The average molecular weight is 433 g/mol. The molecule has 2 aromatic rings. The average Bonchev–Trinajstić information content (AvgIpc) is 2.69. The lowest BCUT2D eigenvalue weighted by atomic mass is 9.94. The summed E-state index contributed by atoms with van der Waals surface area (Å²) in [5.74, 6) is 0.0677. The van der Waals surface area contributed by atoms with E-state index in [4.69, 9.17) is 25.8 Å². The molecule has 0 aliphatic heterocycles. The molecular formula is C24H29ClO5. The van der Waals surface area contributed by atoms with Crippen molar-refractivity contribution in [1.29, 1.82) is 0 Å². The summed E-state index contributed by atoms with van der Waals surface area (Å²) in [6.45, 7) is 10.3. The Kier molecular flexibility index (Phi) is 8.72. The van der Waals surface area contributed by atoms with E-state index in [0.717, 1.165) is 24.0 Å².